The predicted octanol–water partition coefficient (Wildman–Crippen LogP) is 3.90. The number of oxazole rings is 1. The number of fused-ring (bicyclic) bond motifs is 1. The third kappa shape index (κ3) is 2.62. The molecule has 2 aromatic rings. The molecule has 0 spiro atoms. The van der Waals surface area contributed by atoms with Crippen molar-refractivity contribution in [3.05, 3.63) is 53.2 Å². The fourth-order valence-corrected chi connectivity index (χ4v) is 4.48. The molecule has 1 saturated carbocycles. The maximum absolute atomic E-state index is 12.9. The first-order chi connectivity index (χ1) is 12.1. The number of urea groups is 1. The SMILES string of the molecule is Cc1nc(CNC(=O)N2C[C@@H]3CCCC[C@@]32c2ccccc2)oc1C. The Morgan fingerprint density at radius 1 is 1.32 bits per heavy atom. The van der Waals surface area contributed by atoms with Gasteiger partial charge in [-0.2, -0.15) is 0 Å². The zero-order valence-electron chi connectivity index (χ0n) is 14.9. The Hall–Kier alpha value is -2.30. The summed E-state index contributed by atoms with van der Waals surface area (Å²) in [7, 11) is 0. The van der Waals surface area contributed by atoms with E-state index in [1.54, 1.807) is 0 Å². The van der Waals surface area contributed by atoms with Gasteiger partial charge >= 0.3 is 6.03 Å². The van der Waals surface area contributed by atoms with Crippen molar-refractivity contribution in [1.82, 2.24) is 15.2 Å². The Bertz CT molecular complexity index is 751. The second kappa shape index (κ2) is 6.21. The summed E-state index contributed by atoms with van der Waals surface area (Å²) < 4.78 is 5.57. The Balaban J connectivity index is 1.52. The van der Waals surface area contributed by atoms with E-state index in [0.717, 1.165) is 24.4 Å². The highest BCUT2D eigenvalue weighted by molar-refractivity contribution is 5.76. The van der Waals surface area contributed by atoms with E-state index in [0.29, 0.717) is 18.4 Å². The summed E-state index contributed by atoms with van der Waals surface area (Å²) in [5.74, 6) is 1.94. The number of carbonyl (C=O) groups is 1. The van der Waals surface area contributed by atoms with E-state index in [2.05, 4.69) is 34.6 Å². The summed E-state index contributed by atoms with van der Waals surface area (Å²) in [5.41, 5.74) is 2.01. The lowest BCUT2D eigenvalue weighted by Crippen LogP contribution is -2.69. The number of nitrogens with zero attached hydrogens (tertiary/aromatic N) is 2. The number of aryl methyl sites for hydroxylation is 2. The molecule has 0 radical (unpaired) electrons. The summed E-state index contributed by atoms with van der Waals surface area (Å²) in [6, 6.07) is 10.5. The van der Waals surface area contributed by atoms with Crippen molar-refractivity contribution in [3.8, 4) is 0 Å². The van der Waals surface area contributed by atoms with E-state index < -0.39 is 0 Å². The first-order valence-corrected chi connectivity index (χ1v) is 9.15. The largest absolute Gasteiger partial charge is 0.444 e. The molecule has 1 aromatic heterocycles. The molecule has 2 fully saturated rings. The first kappa shape index (κ1) is 16.2. The van der Waals surface area contributed by atoms with E-state index >= 15 is 0 Å². The lowest BCUT2D eigenvalue weighted by Gasteiger charge is -2.61. The number of aromatic nitrogens is 1. The van der Waals surface area contributed by atoms with E-state index in [9.17, 15) is 4.79 Å². The highest BCUT2D eigenvalue weighted by atomic mass is 16.4. The van der Waals surface area contributed by atoms with Crippen molar-refractivity contribution in [2.45, 2.75) is 51.6 Å². The Kier molecular flexibility index (Phi) is 4.02. The van der Waals surface area contributed by atoms with E-state index in [1.807, 2.05) is 24.8 Å². The van der Waals surface area contributed by atoms with Gasteiger partial charge in [0.2, 0.25) is 5.89 Å². The maximum atomic E-state index is 12.9. The van der Waals surface area contributed by atoms with Crippen molar-refractivity contribution in [2.75, 3.05) is 6.54 Å². The van der Waals surface area contributed by atoms with Gasteiger partial charge in [0.15, 0.2) is 0 Å². The standard InChI is InChI=1S/C20H25N3O2/c1-14-15(2)25-18(22-14)12-21-19(24)23-13-17-10-6-7-11-20(17,23)16-8-4-3-5-9-16/h3-5,8-9,17H,6-7,10-13H2,1-2H3,(H,21,24)/t17-,20+/m0/s1. The number of hydrogen-bond acceptors (Lipinski definition) is 3. The first-order valence-electron chi connectivity index (χ1n) is 9.15. The molecule has 1 N–H and O–H groups in total. The van der Waals surface area contributed by atoms with E-state index in [-0.39, 0.29) is 11.6 Å². The average molecular weight is 339 g/mol. The molecule has 4 rings (SSSR count). The molecule has 0 bridgehead atoms. The summed E-state index contributed by atoms with van der Waals surface area (Å²) in [5, 5.41) is 3.00. The van der Waals surface area contributed by atoms with Crippen LogP contribution < -0.4 is 5.32 Å². The van der Waals surface area contributed by atoms with Gasteiger partial charge in [-0.1, -0.05) is 43.2 Å². The highest BCUT2D eigenvalue weighted by Gasteiger charge is 2.56. The van der Waals surface area contributed by atoms with Gasteiger partial charge < -0.3 is 14.6 Å². The molecule has 2 atom stereocenters. The van der Waals surface area contributed by atoms with Gasteiger partial charge in [-0.05, 0) is 32.3 Å². The van der Waals surface area contributed by atoms with Crippen LogP contribution in [0.5, 0.6) is 0 Å². The average Bonchev–Trinajstić information content (AvgIpc) is 2.93. The van der Waals surface area contributed by atoms with Crippen LogP contribution in [-0.2, 0) is 12.1 Å². The predicted molar refractivity (Wildman–Crippen MR) is 95.0 cm³/mol. The van der Waals surface area contributed by atoms with E-state index in [1.165, 1.54) is 24.8 Å². The minimum absolute atomic E-state index is 0.0180. The second-order valence-electron chi connectivity index (χ2n) is 7.25. The van der Waals surface area contributed by atoms with Crippen LogP contribution in [0.4, 0.5) is 4.79 Å². The summed E-state index contributed by atoms with van der Waals surface area (Å²) >= 11 is 0. The summed E-state index contributed by atoms with van der Waals surface area (Å²) in [4.78, 5) is 19.2. The summed E-state index contributed by atoms with van der Waals surface area (Å²) in [6.07, 6.45) is 4.69. The third-order valence-electron chi connectivity index (χ3n) is 5.90. The maximum Gasteiger partial charge on any atom is 0.318 e. The van der Waals surface area contributed by atoms with Crippen molar-refractivity contribution in [3.63, 3.8) is 0 Å². The van der Waals surface area contributed by atoms with Crippen molar-refractivity contribution < 1.29 is 9.21 Å². The molecule has 2 amide bonds. The molecule has 5 heteroatoms. The smallest absolute Gasteiger partial charge is 0.318 e. The van der Waals surface area contributed by atoms with Gasteiger partial charge in [0.05, 0.1) is 17.8 Å². The monoisotopic (exact) mass is 339 g/mol. The highest BCUT2D eigenvalue weighted by Crippen LogP contribution is 2.53. The minimum atomic E-state index is -0.133. The number of amides is 2. The van der Waals surface area contributed by atoms with Crippen molar-refractivity contribution >= 4 is 6.03 Å². The normalized spacial score (nSPS) is 25.2. The lowest BCUT2D eigenvalue weighted by molar-refractivity contribution is -0.0795. The Labute approximate surface area is 148 Å². The van der Waals surface area contributed by atoms with Gasteiger partial charge in [0, 0.05) is 12.5 Å². The molecular formula is C20H25N3O2. The molecule has 1 saturated heterocycles. The number of benzene rings is 1. The Morgan fingerprint density at radius 3 is 2.80 bits per heavy atom. The Morgan fingerprint density at radius 2 is 2.12 bits per heavy atom. The van der Waals surface area contributed by atoms with E-state index in [4.69, 9.17) is 4.42 Å². The zero-order chi connectivity index (χ0) is 17.4. The van der Waals surface area contributed by atoms with Crippen LogP contribution in [-0.4, -0.2) is 22.5 Å². The third-order valence-corrected chi connectivity index (χ3v) is 5.90. The van der Waals surface area contributed by atoms with Crippen molar-refractivity contribution in [2.24, 2.45) is 5.92 Å². The van der Waals surface area contributed by atoms with Crippen molar-refractivity contribution in [1.29, 1.82) is 0 Å². The van der Waals surface area contributed by atoms with Gasteiger partial charge in [-0.3, -0.25) is 0 Å². The molecule has 2 heterocycles. The fraction of sp³-hybridized carbons (Fsp3) is 0.500. The van der Waals surface area contributed by atoms with Crippen LogP contribution in [0.3, 0.4) is 0 Å². The molecule has 25 heavy (non-hydrogen) atoms. The van der Waals surface area contributed by atoms with Crippen LogP contribution in [0.2, 0.25) is 0 Å². The molecular weight excluding hydrogens is 314 g/mol. The zero-order valence-corrected chi connectivity index (χ0v) is 14.9. The molecule has 1 aliphatic heterocycles. The number of rotatable bonds is 3. The molecule has 1 aliphatic carbocycles. The molecule has 1 aromatic carbocycles. The molecule has 2 aliphatic rings. The topological polar surface area (TPSA) is 58.4 Å². The van der Waals surface area contributed by atoms with Gasteiger partial charge in [-0.15, -0.1) is 0 Å². The summed E-state index contributed by atoms with van der Waals surface area (Å²) in [6.45, 7) is 4.97. The van der Waals surface area contributed by atoms with Gasteiger partial charge in [0.25, 0.3) is 0 Å². The second-order valence-corrected chi connectivity index (χ2v) is 7.25. The van der Waals surface area contributed by atoms with Crippen LogP contribution >= 0.6 is 0 Å². The number of likely N-dealkylation sites (tertiary alicyclic amines) is 1. The van der Waals surface area contributed by atoms with Crippen LogP contribution in [0, 0.1) is 19.8 Å². The molecule has 0 unspecified atom stereocenters. The lowest BCUT2D eigenvalue weighted by atomic mass is 9.62. The fourth-order valence-electron chi connectivity index (χ4n) is 4.48. The number of hydrogen-bond donors (Lipinski definition) is 1. The van der Waals surface area contributed by atoms with Crippen LogP contribution in [0.25, 0.3) is 0 Å². The number of nitrogens with one attached hydrogen (secondary N) is 1. The van der Waals surface area contributed by atoms with Crippen LogP contribution in [0.15, 0.2) is 34.7 Å². The minimum Gasteiger partial charge on any atom is -0.444 e. The van der Waals surface area contributed by atoms with Gasteiger partial charge in [0.1, 0.15) is 5.76 Å². The molecule has 5 nitrogen and oxygen atoms in total. The number of carbonyl (C=O) groups excluding carboxylic acids is 1. The van der Waals surface area contributed by atoms with Crippen LogP contribution in [0.1, 0.15) is 48.6 Å². The molecule has 132 valence electrons. The van der Waals surface area contributed by atoms with Gasteiger partial charge in [-0.25, -0.2) is 9.78 Å². The quantitative estimate of drug-likeness (QED) is 0.922.